The summed E-state index contributed by atoms with van der Waals surface area (Å²) in [4.78, 5) is 0. The molecule has 1 saturated carbocycles. The molecular formula is C28H32O2. The van der Waals surface area contributed by atoms with Crippen LogP contribution in [0.5, 0.6) is 5.75 Å². The van der Waals surface area contributed by atoms with E-state index in [9.17, 15) is 0 Å². The van der Waals surface area contributed by atoms with Crippen LogP contribution < -0.4 is 4.74 Å². The molecule has 0 atom stereocenters. The first-order chi connectivity index (χ1) is 14.7. The highest BCUT2D eigenvalue weighted by atomic mass is 16.5. The molecule has 0 N–H and O–H groups in total. The molecule has 0 radical (unpaired) electrons. The van der Waals surface area contributed by atoms with Gasteiger partial charge in [0, 0.05) is 12.5 Å². The molecular weight excluding hydrogens is 368 g/mol. The van der Waals surface area contributed by atoms with Gasteiger partial charge in [0.2, 0.25) is 0 Å². The van der Waals surface area contributed by atoms with E-state index >= 15 is 0 Å². The Hall–Kier alpha value is -2.58. The van der Waals surface area contributed by atoms with E-state index in [2.05, 4.69) is 67.6 Å². The van der Waals surface area contributed by atoms with Gasteiger partial charge in [-0.3, -0.25) is 0 Å². The normalized spacial score (nSPS) is 21.3. The molecule has 156 valence electrons. The number of benzene rings is 3. The molecule has 0 bridgehead atoms. The SMILES string of the molecule is COCc1ccc(C2(c3ccc(OCc4ccccc4)cc3)CCC(C)CC2)cc1. The van der Waals surface area contributed by atoms with Crippen molar-refractivity contribution in [3.63, 3.8) is 0 Å². The molecule has 0 spiro atoms. The topological polar surface area (TPSA) is 18.5 Å². The maximum atomic E-state index is 6.02. The predicted molar refractivity (Wildman–Crippen MR) is 123 cm³/mol. The fourth-order valence-electron chi connectivity index (χ4n) is 4.70. The van der Waals surface area contributed by atoms with Crippen LogP contribution in [-0.2, 0) is 23.4 Å². The summed E-state index contributed by atoms with van der Waals surface area (Å²) in [6, 6.07) is 28.2. The van der Waals surface area contributed by atoms with Gasteiger partial charge >= 0.3 is 0 Å². The van der Waals surface area contributed by atoms with Gasteiger partial charge in [0.1, 0.15) is 12.4 Å². The second-order valence-electron chi connectivity index (χ2n) is 8.69. The standard InChI is InChI=1S/C28H32O2/c1-22-16-18-28(19-17-22,25-10-8-24(9-11-25)20-29-2)26-12-14-27(15-13-26)30-21-23-6-4-3-5-7-23/h3-15,22H,16-21H2,1-2H3. The zero-order valence-corrected chi connectivity index (χ0v) is 18.1. The van der Waals surface area contributed by atoms with E-state index in [0.717, 1.165) is 11.7 Å². The zero-order valence-electron chi connectivity index (χ0n) is 18.1. The summed E-state index contributed by atoms with van der Waals surface area (Å²) in [6.07, 6.45) is 4.93. The monoisotopic (exact) mass is 400 g/mol. The maximum Gasteiger partial charge on any atom is 0.119 e. The van der Waals surface area contributed by atoms with Crippen molar-refractivity contribution >= 4 is 0 Å². The largest absolute Gasteiger partial charge is 0.489 e. The van der Waals surface area contributed by atoms with Gasteiger partial charge in [0.25, 0.3) is 0 Å². The summed E-state index contributed by atoms with van der Waals surface area (Å²) in [5.74, 6) is 1.73. The van der Waals surface area contributed by atoms with Gasteiger partial charge < -0.3 is 9.47 Å². The fraction of sp³-hybridized carbons (Fsp3) is 0.357. The first-order valence-electron chi connectivity index (χ1n) is 11.1. The van der Waals surface area contributed by atoms with Gasteiger partial charge in [-0.2, -0.15) is 0 Å². The van der Waals surface area contributed by atoms with Crippen molar-refractivity contribution in [3.8, 4) is 5.75 Å². The molecule has 2 heteroatoms. The molecule has 0 unspecified atom stereocenters. The van der Waals surface area contributed by atoms with Crippen molar-refractivity contribution in [2.24, 2.45) is 5.92 Å². The van der Waals surface area contributed by atoms with Crippen LogP contribution in [0.1, 0.15) is 54.9 Å². The van der Waals surface area contributed by atoms with Crippen LogP contribution in [-0.4, -0.2) is 7.11 Å². The Kier molecular flexibility index (Phi) is 6.54. The molecule has 3 aromatic rings. The van der Waals surface area contributed by atoms with Crippen LogP contribution in [0, 0.1) is 5.92 Å². The Morgan fingerprint density at radius 3 is 1.90 bits per heavy atom. The van der Waals surface area contributed by atoms with E-state index in [0.29, 0.717) is 13.2 Å². The summed E-state index contributed by atoms with van der Waals surface area (Å²) < 4.78 is 11.3. The molecule has 1 aliphatic rings. The van der Waals surface area contributed by atoms with E-state index < -0.39 is 0 Å². The van der Waals surface area contributed by atoms with Gasteiger partial charge in [-0.1, -0.05) is 73.7 Å². The quantitative estimate of drug-likeness (QED) is 0.429. The first-order valence-corrected chi connectivity index (χ1v) is 11.1. The summed E-state index contributed by atoms with van der Waals surface area (Å²) in [6.45, 7) is 3.65. The van der Waals surface area contributed by atoms with Crippen molar-refractivity contribution in [2.75, 3.05) is 7.11 Å². The number of rotatable bonds is 7. The smallest absolute Gasteiger partial charge is 0.119 e. The Balaban J connectivity index is 1.56. The molecule has 2 nitrogen and oxygen atoms in total. The molecule has 30 heavy (non-hydrogen) atoms. The lowest BCUT2D eigenvalue weighted by Crippen LogP contribution is -2.32. The van der Waals surface area contributed by atoms with Crippen molar-refractivity contribution in [3.05, 3.63) is 101 Å². The highest BCUT2D eigenvalue weighted by Gasteiger charge is 2.37. The van der Waals surface area contributed by atoms with E-state index in [-0.39, 0.29) is 5.41 Å². The molecule has 1 fully saturated rings. The van der Waals surface area contributed by atoms with E-state index in [1.54, 1.807) is 7.11 Å². The van der Waals surface area contributed by atoms with Gasteiger partial charge in [-0.15, -0.1) is 0 Å². The molecule has 0 heterocycles. The number of hydrogen-bond acceptors (Lipinski definition) is 2. The van der Waals surface area contributed by atoms with Crippen LogP contribution in [0.2, 0.25) is 0 Å². The summed E-state index contributed by atoms with van der Waals surface area (Å²) >= 11 is 0. The average Bonchev–Trinajstić information content (AvgIpc) is 2.80. The van der Waals surface area contributed by atoms with Crippen molar-refractivity contribution < 1.29 is 9.47 Å². The predicted octanol–water partition coefficient (Wildman–Crippen LogP) is 6.91. The van der Waals surface area contributed by atoms with Crippen molar-refractivity contribution in [1.29, 1.82) is 0 Å². The number of methoxy groups -OCH3 is 1. The van der Waals surface area contributed by atoms with Gasteiger partial charge in [-0.05, 0) is 66.0 Å². The number of ether oxygens (including phenoxy) is 2. The minimum atomic E-state index is 0.0933. The second-order valence-corrected chi connectivity index (χ2v) is 8.69. The molecule has 0 aromatic heterocycles. The lowest BCUT2D eigenvalue weighted by Gasteiger charge is -2.41. The number of hydrogen-bond donors (Lipinski definition) is 0. The Morgan fingerprint density at radius 1 is 0.733 bits per heavy atom. The Labute approximate surface area is 180 Å². The highest BCUT2D eigenvalue weighted by Crippen LogP contribution is 2.46. The average molecular weight is 401 g/mol. The Morgan fingerprint density at radius 2 is 1.30 bits per heavy atom. The van der Waals surface area contributed by atoms with Crippen LogP contribution in [0.25, 0.3) is 0 Å². The third kappa shape index (κ3) is 4.60. The minimum absolute atomic E-state index is 0.0933. The zero-order chi connectivity index (χ0) is 20.8. The van der Waals surface area contributed by atoms with Crippen molar-refractivity contribution in [1.82, 2.24) is 0 Å². The minimum Gasteiger partial charge on any atom is -0.489 e. The second kappa shape index (κ2) is 9.49. The summed E-state index contributed by atoms with van der Waals surface area (Å²) in [5.41, 5.74) is 5.34. The summed E-state index contributed by atoms with van der Waals surface area (Å²) in [7, 11) is 1.75. The van der Waals surface area contributed by atoms with Crippen LogP contribution >= 0.6 is 0 Å². The van der Waals surface area contributed by atoms with E-state index in [4.69, 9.17) is 9.47 Å². The third-order valence-corrected chi connectivity index (χ3v) is 6.60. The van der Waals surface area contributed by atoms with Crippen LogP contribution in [0.4, 0.5) is 0 Å². The van der Waals surface area contributed by atoms with Gasteiger partial charge in [-0.25, -0.2) is 0 Å². The maximum absolute atomic E-state index is 6.02. The van der Waals surface area contributed by atoms with Gasteiger partial charge in [0.15, 0.2) is 0 Å². The van der Waals surface area contributed by atoms with E-state index in [1.807, 2.05) is 18.2 Å². The van der Waals surface area contributed by atoms with Crippen LogP contribution in [0.15, 0.2) is 78.9 Å². The van der Waals surface area contributed by atoms with Crippen molar-refractivity contribution in [2.45, 2.75) is 51.2 Å². The molecule has 1 aliphatic carbocycles. The van der Waals surface area contributed by atoms with E-state index in [1.165, 1.54) is 47.9 Å². The lowest BCUT2D eigenvalue weighted by atomic mass is 9.63. The third-order valence-electron chi connectivity index (χ3n) is 6.60. The molecule has 0 aliphatic heterocycles. The first kappa shape index (κ1) is 20.7. The highest BCUT2D eigenvalue weighted by molar-refractivity contribution is 5.43. The molecule has 3 aromatic carbocycles. The molecule has 0 amide bonds. The summed E-state index contributed by atoms with van der Waals surface area (Å²) in [5, 5.41) is 0. The Bertz CT molecular complexity index is 905. The van der Waals surface area contributed by atoms with Gasteiger partial charge in [0.05, 0.1) is 6.61 Å². The van der Waals surface area contributed by atoms with Crippen LogP contribution in [0.3, 0.4) is 0 Å². The fourth-order valence-corrected chi connectivity index (χ4v) is 4.70. The lowest BCUT2D eigenvalue weighted by molar-refractivity contribution is 0.185. The molecule has 4 rings (SSSR count). The molecule has 0 saturated heterocycles.